The van der Waals surface area contributed by atoms with Crippen LogP contribution in [0.25, 0.3) is 0 Å². The Morgan fingerprint density at radius 1 is 1.18 bits per heavy atom. The molecule has 0 aromatic heterocycles. The van der Waals surface area contributed by atoms with E-state index >= 15 is 0 Å². The molecular weight excluding hydrogens is 210 g/mol. The summed E-state index contributed by atoms with van der Waals surface area (Å²) >= 11 is 0. The van der Waals surface area contributed by atoms with E-state index in [0.717, 1.165) is 25.3 Å². The van der Waals surface area contributed by atoms with Gasteiger partial charge in [-0.3, -0.25) is 4.99 Å². The quantitative estimate of drug-likeness (QED) is 0.844. The molecule has 0 aliphatic carbocycles. The first-order chi connectivity index (χ1) is 8.38. The first-order valence-electron chi connectivity index (χ1n) is 6.15. The first-order valence-corrected chi connectivity index (χ1v) is 6.15. The van der Waals surface area contributed by atoms with Crippen LogP contribution in [0.4, 0.5) is 0 Å². The van der Waals surface area contributed by atoms with Gasteiger partial charge in [0.2, 0.25) is 0 Å². The van der Waals surface area contributed by atoms with Gasteiger partial charge in [0.1, 0.15) is 0 Å². The molecule has 17 heavy (non-hydrogen) atoms. The maximum atomic E-state index is 8.71. The Kier molecular flexibility index (Phi) is 4.15. The van der Waals surface area contributed by atoms with Gasteiger partial charge < -0.3 is 5.32 Å². The minimum Gasteiger partial charge on any atom is -0.370 e. The lowest BCUT2D eigenvalue weighted by molar-refractivity contribution is 0.728. The number of amidine groups is 1. The highest BCUT2D eigenvalue weighted by atomic mass is 15.0. The first kappa shape index (κ1) is 11.7. The van der Waals surface area contributed by atoms with E-state index in [2.05, 4.69) is 16.4 Å². The number of rotatable bonds is 2. The molecule has 1 N–H and O–H groups in total. The van der Waals surface area contributed by atoms with Gasteiger partial charge in [-0.2, -0.15) is 5.26 Å². The van der Waals surface area contributed by atoms with Crippen LogP contribution in [0.1, 0.15) is 36.8 Å². The van der Waals surface area contributed by atoms with E-state index in [1.165, 1.54) is 24.8 Å². The van der Waals surface area contributed by atoms with E-state index in [0.29, 0.717) is 5.56 Å². The number of nitrogens with one attached hydrogen (secondary N) is 1. The largest absolute Gasteiger partial charge is 0.370 e. The molecule has 2 rings (SSSR count). The van der Waals surface area contributed by atoms with Crippen molar-refractivity contribution >= 4 is 5.84 Å². The van der Waals surface area contributed by atoms with E-state index in [9.17, 15) is 0 Å². The Hall–Kier alpha value is -1.82. The molecule has 3 nitrogen and oxygen atoms in total. The van der Waals surface area contributed by atoms with Crippen molar-refractivity contribution in [3.8, 4) is 6.07 Å². The van der Waals surface area contributed by atoms with Crippen molar-refractivity contribution in [2.45, 2.75) is 32.2 Å². The summed E-state index contributed by atoms with van der Waals surface area (Å²) in [6.07, 6.45) is 4.79. The van der Waals surface area contributed by atoms with Crippen LogP contribution in [-0.2, 0) is 6.54 Å². The Bertz CT molecular complexity index is 426. The molecule has 0 bridgehead atoms. The lowest BCUT2D eigenvalue weighted by atomic mass is 10.1. The lowest BCUT2D eigenvalue weighted by Crippen LogP contribution is -2.22. The van der Waals surface area contributed by atoms with Crippen LogP contribution in [0.2, 0.25) is 0 Å². The molecular formula is C14H17N3. The van der Waals surface area contributed by atoms with Gasteiger partial charge in [0.05, 0.1) is 17.5 Å². The van der Waals surface area contributed by atoms with E-state index in [-0.39, 0.29) is 0 Å². The van der Waals surface area contributed by atoms with Crippen LogP contribution in [0, 0.1) is 11.3 Å². The van der Waals surface area contributed by atoms with Crippen LogP contribution < -0.4 is 5.32 Å². The van der Waals surface area contributed by atoms with Gasteiger partial charge in [-0.1, -0.05) is 18.6 Å². The van der Waals surface area contributed by atoms with Crippen LogP contribution in [-0.4, -0.2) is 12.4 Å². The summed E-state index contributed by atoms with van der Waals surface area (Å²) in [7, 11) is 0. The molecule has 0 saturated heterocycles. The second-order valence-corrected chi connectivity index (χ2v) is 4.30. The number of hydrogen-bond donors (Lipinski definition) is 1. The number of aliphatic imine (C=N–C) groups is 1. The number of benzene rings is 1. The molecule has 1 aromatic carbocycles. The fraction of sp³-hybridized carbons (Fsp3) is 0.429. The zero-order valence-corrected chi connectivity index (χ0v) is 9.95. The zero-order valence-electron chi connectivity index (χ0n) is 9.95. The van der Waals surface area contributed by atoms with E-state index in [1.54, 1.807) is 0 Å². The van der Waals surface area contributed by atoms with Crippen molar-refractivity contribution in [3.05, 3.63) is 35.4 Å². The summed E-state index contributed by atoms with van der Waals surface area (Å²) in [5.74, 6) is 1.13. The van der Waals surface area contributed by atoms with Crippen LogP contribution in [0.15, 0.2) is 29.3 Å². The molecule has 0 fully saturated rings. The third-order valence-corrected chi connectivity index (χ3v) is 2.95. The van der Waals surface area contributed by atoms with Crippen LogP contribution >= 0.6 is 0 Å². The number of hydrogen-bond acceptors (Lipinski definition) is 3. The van der Waals surface area contributed by atoms with Crippen molar-refractivity contribution in [1.82, 2.24) is 5.32 Å². The van der Waals surface area contributed by atoms with Crippen LogP contribution in [0.3, 0.4) is 0 Å². The Labute approximate surface area is 102 Å². The second-order valence-electron chi connectivity index (χ2n) is 4.30. The monoisotopic (exact) mass is 227 g/mol. The summed E-state index contributed by atoms with van der Waals surface area (Å²) in [5.41, 5.74) is 1.90. The molecule has 0 atom stereocenters. The third-order valence-electron chi connectivity index (χ3n) is 2.95. The highest BCUT2D eigenvalue weighted by Gasteiger charge is 2.03. The van der Waals surface area contributed by atoms with Gasteiger partial charge in [0.15, 0.2) is 0 Å². The summed E-state index contributed by atoms with van der Waals surface area (Å²) in [4.78, 5) is 4.53. The van der Waals surface area contributed by atoms with Gasteiger partial charge in [-0.25, -0.2) is 0 Å². The average Bonchev–Trinajstić information content (AvgIpc) is 2.65. The maximum Gasteiger partial charge on any atom is 0.0991 e. The third kappa shape index (κ3) is 3.60. The smallest absolute Gasteiger partial charge is 0.0991 e. The van der Waals surface area contributed by atoms with Crippen molar-refractivity contribution in [1.29, 1.82) is 5.26 Å². The summed E-state index contributed by atoms with van der Waals surface area (Å²) in [5, 5.41) is 12.1. The molecule has 0 spiro atoms. The number of nitrogens with zero attached hydrogens (tertiary/aromatic N) is 2. The van der Waals surface area contributed by atoms with Gasteiger partial charge in [-0.15, -0.1) is 0 Å². The average molecular weight is 227 g/mol. The molecule has 1 heterocycles. The normalized spacial score (nSPS) is 15.6. The van der Waals surface area contributed by atoms with E-state index in [4.69, 9.17) is 5.26 Å². The molecule has 0 unspecified atom stereocenters. The predicted octanol–water partition coefficient (Wildman–Crippen LogP) is 2.62. The van der Waals surface area contributed by atoms with Gasteiger partial charge in [-0.05, 0) is 30.5 Å². The van der Waals surface area contributed by atoms with Crippen molar-refractivity contribution in [2.24, 2.45) is 4.99 Å². The molecule has 1 aliphatic rings. The van der Waals surface area contributed by atoms with E-state index < -0.39 is 0 Å². The number of nitriles is 1. The molecule has 3 heteroatoms. The fourth-order valence-corrected chi connectivity index (χ4v) is 1.92. The Morgan fingerprint density at radius 3 is 2.76 bits per heavy atom. The van der Waals surface area contributed by atoms with Crippen molar-refractivity contribution < 1.29 is 0 Å². The minimum absolute atomic E-state index is 0.709. The highest BCUT2D eigenvalue weighted by Crippen LogP contribution is 2.07. The predicted molar refractivity (Wildman–Crippen MR) is 68.8 cm³/mol. The van der Waals surface area contributed by atoms with Gasteiger partial charge in [0, 0.05) is 19.5 Å². The molecule has 1 aromatic rings. The maximum absolute atomic E-state index is 8.71. The molecule has 0 saturated carbocycles. The SMILES string of the molecule is N#Cc1ccc(CNC2=NCCCCC2)cc1. The lowest BCUT2D eigenvalue weighted by Gasteiger charge is -2.08. The highest BCUT2D eigenvalue weighted by molar-refractivity contribution is 5.82. The second kappa shape index (κ2) is 6.05. The van der Waals surface area contributed by atoms with Crippen molar-refractivity contribution in [3.63, 3.8) is 0 Å². The minimum atomic E-state index is 0.709. The van der Waals surface area contributed by atoms with Gasteiger partial charge >= 0.3 is 0 Å². The molecule has 0 radical (unpaired) electrons. The van der Waals surface area contributed by atoms with E-state index in [1.807, 2.05) is 24.3 Å². The molecule has 0 amide bonds. The van der Waals surface area contributed by atoms with Gasteiger partial charge in [0.25, 0.3) is 0 Å². The summed E-state index contributed by atoms with van der Waals surface area (Å²) in [6.45, 7) is 1.75. The molecule has 88 valence electrons. The van der Waals surface area contributed by atoms with Crippen LogP contribution in [0.5, 0.6) is 0 Å². The summed E-state index contributed by atoms with van der Waals surface area (Å²) < 4.78 is 0. The Balaban J connectivity index is 1.88. The van der Waals surface area contributed by atoms with Crippen molar-refractivity contribution in [2.75, 3.05) is 6.54 Å². The molecule has 1 aliphatic heterocycles. The summed E-state index contributed by atoms with van der Waals surface area (Å²) in [6, 6.07) is 9.81. The zero-order chi connectivity index (χ0) is 11.9. The topological polar surface area (TPSA) is 48.2 Å². The Morgan fingerprint density at radius 2 is 2.00 bits per heavy atom. The fourth-order valence-electron chi connectivity index (χ4n) is 1.92. The standard InChI is InChI=1S/C14H17N3/c15-10-12-5-7-13(8-6-12)11-17-14-4-2-1-3-9-16-14/h5-8H,1-4,9,11H2,(H,16,17).